The average Bonchev–Trinajstić information content (AvgIpc) is 2.68. The van der Waals surface area contributed by atoms with Crippen molar-refractivity contribution < 1.29 is 9.47 Å². The molecule has 3 aromatic carbocycles. The van der Waals surface area contributed by atoms with E-state index < -0.39 is 0 Å². The third-order valence-corrected chi connectivity index (χ3v) is 5.42. The number of rotatable bonds is 7. The zero-order valence-corrected chi connectivity index (χ0v) is 19.2. The Bertz CT molecular complexity index is 965. The van der Waals surface area contributed by atoms with Gasteiger partial charge in [0.1, 0.15) is 11.5 Å². The SMILES string of the molecule is Cc1cc(C(C)(C)COCc2cccc(Oc3ccccc3)c2)ccc1C(C)(C)C. The Balaban J connectivity index is 1.62. The molecule has 3 rings (SSSR count). The van der Waals surface area contributed by atoms with Crippen LogP contribution in [-0.2, 0) is 22.2 Å². The van der Waals surface area contributed by atoms with Crippen molar-refractivity contribution in [2.45, 2.75) is 59.0 Å². The van der Waals surface area contributed by atoms with Gasteiger partial charge in [-0.3, -0.25) is 0 Å². The van der Waals surface area contributed by atoms with E-state index in [2.05, 4.69) is 65.8 Å². The Morgan fingerprint density at radius 3 is 2.10 bits per heavy atom. The first-order valence-electron chi connectivity index (χ1n) is 10.7. The molecule has 3 aromatic rings. The molecule has 0 bridgehead atoms. The molecular weight excluding hydrogens is 368 g/mol. The van der Waals surface area contributed by atoms with E-state index in [0.717, 1.165) is 17.1 Å². The highest BCUT2D eigenvalue weighted by atomic mass is 16.5. The fourth-order valence-electron chi connectivity index (χ4n) is 3.76. The Morgan fingerprint density at radius 2 is 1.43 bits per heavy atom. The van der Waals surface area contributed by atoms with Crippen molar-refractivity contribution in [3.05, 3.63) is 95.1 Å². The van der Waals surface area contributed by atoms with E-state index in [9.17, 15) is 0 Å². The van der Waals surface area contributed by atoms with E-state index in [1.165, 1.54) is 16.7 Å². The molecule has 0 saturated heterocycles. The summed E-state index contributed by atoms with van der Waals surface area (Å²) in [7, 11) is 0. The lowest BCUT2D eigenvalue weighted by Crippen LogP contribution is -2.25. The molecule has 0 atom stereocenters. The van der Waals surface area contributed by atoms with Gasteiger partial charge in [-0.25, -0.2) is 0 Å². The summed E-state index contributed by atoms with van der Waals surface area (Å²) in [6.45, 7) is 14.7. The molecule has 2 nitrogen and oxygen atoms in total. The predicted molar refractivity (Wildman–Crippen MR) is 126 cm³/mol. The molecule has 0 aliphatic heterocycles. The lowest BCUT2D eigenvalue weighted by Gasteiger charge is -2.28. The third kappa shape index (κ3) is 5.73. The van der Waals surface area contributed by atoms with E-state index in [4.69, 9.17) is 9.47 Å². The summed E-state index contributed by atoms with van der Waals surface area (Å²) in [5.74, 6) is 1.67. The van der Waals surface area contributed by atoms with E-state index in [1.54, 1.807) is 0 Å². The van der Waals surface area contributed by atoms with Gasteiger partial charge in [0.25, 0.3) is 0 Å². The molecule has 2 heteroatoms. The Kier molecular flexibility index (Phi) is 6.67. The first kappa shape index (κ1) is 22.1. The number of ether oxygens (including phenoxy) is 2. The van der Waals surface area contributed by atoms with Crippen LogP contribution in [0.5, 0.6) is 11.5 Å². The van der Waals surface area contributed by atoms with Crippen molar-refractivity contribution in [2.24, 2.45) is 0 Å². The van der Waals surface area contributed by atoms with Crippen LogP contribution < -0.4 is 4.74 Å². The monoisotopic (exact) mass is 402 g/mol. The Morgan fingerprint density at radius 1 is 0.733 bits per heavy atom. The molecule has 30 heavy (non-hydrogen) atoms. The van der Waals surface area contributed by atoms with Gasteiger partial charge in [-0.1, -0.05) is 83.1 Å². The zero-order chi connectivity index (χ0) is 21.8. The lowest BCUT2D eigenvalue weighted by atomic mass is 9.79. The highest BCUT2D eigenvalue weighted by Gasteiger charge is 2.23. The summed E-state index contributed by atoms with van der Waals surface area (Å²) in [5, 5.41) is 0. The zero-order valence-electron chi connectivity index (χ0n) is 19.2. The maximum Gasteiger partial charge on any atom is 0.127 e. The minimum atomic E-state index is -0.0562. The van der Waals surface area contributed by atoms with Crippen LogP contribution >= 0.6 is 0 Å². The highest BCUT2D eigenvalue weighted by Crippen LogP contribution is 2.31. The Hall–Kier alpha value is -2.58. The summed E-state index contributed by atoms with van der Waals surface area (Å²) < 4.78 is 12.1. The molecule has 0 radical (unpaired) electrons. The molecule has 158 valence electrons. The quantitative estimate of drug-likeness (QED) is 0.405. The number of hydrogen-bond donors (Lipinski definition) is 0. The first-order chi connectivity index (χ1) is 14.1. The van der Waals surface area contributed by atoms with Crippen molar-refractivity contribution in [3.8, 4) is 11.5 Å². The van der Waals surface area contributed by atoms with Gasteiger partial charge >= 0.3 is 0 Å². The standard InChI is InChI=1S/C28H34O2/c1-21-17-23(15-16-26(21)27(2,3)4)28(5,6)20-29-19-22-11-10-14-25(18-22)30-24-12-8-7-9-13-24/h7-18H,19-20H2,1-6H3. The molecule has 0 spiro atoms. The molecule has 0 saturated carbocycles. The van der Waals surface area contributed by atoms with E-state index in [-0.39, 0.29) is 10.8 Å². The van der Waals surface area contributed by atoms with Crippen LogP contribution in [0, 0.1) is 6.92 Å². The third-order valence-electron chi connectivity index (χ3n) is 5.42. The molecule has 0 fully saturated rings. The van der Waals surface area contributed by atoms with Crippen molar-refractivity contribution >= 4 is 0 Å². The van der Waals surface area contributed by atoms with Crippen LogP contribution in [0.1, 0.15) is 56.9 Å². The predicted octanol–water partition coefficient (Wildman–Crippen LogP) is 7.58. The van der Waals surface area contributed by atoms with Gasteiger partial charge in [-0.05, 0) is 58.9 Å². The Labute approximate surface area is 181 Å². The number of para-hydroxylation sites is 1. The average molecular weight is 403 g/mol. The molecule has 0 heterocycles. The van der Waals surface area contributed by atoms with Gasteiger partial charge in [0.05, 0.1) is 13.2 Å². The fourth-order valence-corrected chi connectivity index (χ4v) is 3.76. The molecule has 0 amide bonds. The summed E-state index contributed by atoms with van der Waals surface area (Å²) in [4.78, 5) is 0. The topological polar surface area (TPSA) is 18.5 Å². The van der Waals surface area contributed by atoms with Crippen LogP contribution in [0.3, 0.4) is 0 Å². The van der Waals surface area contributed by atoms with E-state index in [0.29, 0.717) is 13.2 Å². The van der Waals surface area contributed by atoms with Gasteiger partial charge in [0.15, 0.2) is 0 Å². The number of hydrogen-bond acceptors (Lipinski definition) is 2. The van der Waals surface area contributed by atoms with Crippen molar-refractivity contribution in [1.29, 1.82) is 0 Å². The number of aryl methyl sites for hydroxylation is 1. The second kappa shape index (κ2) is 9.06. The van der Waals surface area contributed by atoms with Gasteiger partial charge in [0.2, 0.25) is 0 Å². The minimum Gasteiger partial charge on any atom is -0.457 e. The lowest BCUT2D eigenvalue weighted by molar-refractivity contribution is 0.0824. The van der Waals surface area contributed by atoms with E-state index in [1.807, 2.05) is 48.5 Å². The molecule has 0 unspecified atom stereocenters. The fraction of sp³-hybridized carbons (Fsp3) is 0.357. The maximum absolute atomic E-state index is 6.13. The summed E-state index contributed by atoms with van der Waals surface area (Å²) in [6, 6.07) is 24.8. The van der Waals surface area contributed by atoms with Gasteiger partial charge in [0, 0.05) is 5.41 Å². The molecular formula is C28H34O2. The molecule has 0 aliphatic rings. The second-order valence-corrected chi connectivity index (χ2v) is 9.72. The van der Waals surface area contributed by atoms with Crippen LogP contribution in [0.25, 0.3) is 0 Å². The van der Waals surface area contributed by atoms with Crippen molar-refractivity contribution in [3.63, 3.8) is 0 Å². The molecule has 0 aromatic heterocycles. The van der Waals surface area contributed by atoms with Gasteiger partial charge in [-0.15, -0.1) is 0 Å². The smallest absolute Gasteiger partial charge is 0.127 e. The summed E-state index contributed by atoms with van der Waals surface area (Å²) >= 11 is 0. The van der Waals surface area contributed by atoms with Crippen LogP contribution in [-0.4, -0.2) is 6.61 Å². The summed E-state index contributed by atoms with van der Waals surface area (Å²) in [5.41, 5.74) is 5.28. The van der Waals surface area contributed by atoms with Crippen molar-refractivity contribution in [1.82, 2.24) is 0 Å². The summed E-state index contributed by atoms with van der Waals surface area (Å²) in [6.07, 6.45) is 0. The normalized spacial score (nSPS) is 12.1. The second-order valence-electron chi connectivity index (χ2n) is 9.72. The highest BCUT2D eigenvalue weighted by molar-refractivity contribution is 5.38. The molecule has 0 aliphatic carbocycles. The van der Waals surface area contributed by atoms with Crippen molar-refractivity contribution in [2.75, 3.05) is 6.61 Å². The first-order valence-corrected chi connectivity index (χ1v) is 10.7. The number of benzene rings is 3. The minimum absolute atomic E-state index is 0.0562. The van der Waals surface area contributed by atoms with E-state index >= 15 is 0 Å². The maximum atomic E-state index is 6.13. The largest absolute Gasteiger partial charge is 0.457 e. The van der Waals surface area contributed by atoms with Crippen LogP contribution in [0.15, 0.2) is 72.8 Å². The molecule has 0 N–H and O–H groups in total. The van der Waals surface area contributed by atoms with Crippen LogP contribution in [0.4, 0.5) is 0 Å². The van der Waals surface area contributed by atoms with Crippen LogP contribution in [0.2, 0.25) is 0 Å². The van der Waals surface area contributed by atoms with Gasteiger partial charge in [-0.2, -0.15) is 0 Å². The van der Waals surface area contributed by atoms with Gasteiger partial charge < -0.3 is 9.47 Å².